The molecule has 0 spiro atoms. The second-order valence-corrected chi connectivity index (χ2v) is 3.69. The summed E-state index contributed by atoms with van der Waals surface area (Å²) in [5.41, 5.74) is 0.0308. The maximum absolute atomic E-state index is 13.1. The van der Waals surface area contributed by atoms with Gasteiger partial charge in [-0.25, -0.2) is 9.37 Å². The largest absolute Gasteiger partial charge is 0.469 e. The van der Waals surface area contributed by atoms with Crippen LogP contribution in [0, 0.1) is 5.82 Å². The van der Waals surface area contributed by atoms with Gasteiger partial charge in [0.05, 0.1) is 19.6 Å². The quantitative estimate of drug-likeness (QED) is 0.621. The van der Waals surface area contributed by atoms with Gasteiger partial charge in [-0.1, -0.05) is 11.6 Å². The molecule has 2 N–H and O–H groups in total. The van der Waals surface area contributed by atoms with E-state index in [0.29, 0.717) is 0 Å². The zero-order valence-corrected chi connectivity index (χ0v) is 9.69. The van der Waals surface area contributed by atoms with Crippen molar-refractivity contribution in [3.8, 4) is 0 Å². The zero-order chi connectivity index (χ0) is 13.0. The van der Waals surface area contributed by atoms with Gasteiger partial charge in [-0.05, 0) is 6.07 Å². The Bertz CT molecular complexity index is 415. The van der Waals surface area contributed by atoms with Crippen molar-refractivity contribution in [2.24, 2.45) is 0 Å². The van der Waals surface area contributed by atoms with Crippen molar-refractivity contribution in [1.29, 1.82) is 0 Å². The molecule has 0 aliphatic carbocycles. The number of aromatic nitrogens is 1. The molecule has 1 aromatic rings. The summed E-state index contributed by atoms with van der Waals surface area (Å²) < 4.78 is 17.4. The molecule has 0 aliphatic rings. The van der Waals surface area contributed by atoms with Gasteiger partial charge in [-0.2, -0.15) is 0 Å². The minimum absolute atomic E-state index is 0.0308. The Labute approximate surface area is 102 Å². The van der Waals surface area contributed by atoms with Crippen molar-refractivity contribution < 1.29 is 24.1 Å². The lowest BCUT2D eigenvalue weighted by Crippen LogP contribution is -2.22. The smallest absolute Gasteiger partial charge is 0.308 e. The average molecular weight is 264 g/mol. The molecule has 7 heteroatoms. The molecule has 0 amide bonds. The van der Waals surface area contributed by atoms with E-state index < -0.39 is 30.4 Å². The number of rotatable bonds is 4. The lowest BCUT2D eigenvalue weighted by molar-refractivity contribution is -0.144. The normalized spacial score (nSPS) is 14.2. The van der Waals surface area contributed by atoms with Crippen molar-refractivity contribution in [2.75, 3.05) is 7.11 Å². The number of aliphatic hydroxyl groups is 2. The van der Waals surface area contributed by atoms with Gasteiger partial charge in [0, 0.05) is 11.8 Å². The molecule has 94 valence electrons. The molecule has 5 nitrogen and oxygen atoms in total. The van der Waals surface area contributed by atoms with E-state index in [2.05, 4.69) is 9.72 Å². The van der Waals surface area contributed by atoms with Gasteiger partial charge >= 0.3 is 5.97 Å². The Balaban J connectivity index is 2.77. The molecular formula is C10H11ClFNO4. The highest BCUT2D eigenvalue weighted by Gasteiger charge is 2.23. The minimum Gasteiger partial charge on any atom is -0.469 e. The topological polar surface area (TPSA) is 79.7 Å². The number of esters is 1. The van der Waals surface area contributed by atoms with Crippen LogP contribution in [-0.4, -0.2) is 34.4 Å². The van der Waals surface area contributed by atoms with Gasteiger partial charge in [-0.15, -0.1) is 0 Å². The summed E-state index contributed by atoms with van der Waals surface area (Å²) in [5, 5.41) is 18.8. The highest BCUT2D eigenvalue weighted by molar-refractivity contribution is 6.29. The first kappa shape index (κ1) is 13.8. The number of hydrogen-bond acceptors (Lipinski definition) is 5. The third kappa shape index (κ3) is 3.62. The fourth-order valence-corrected chi connectivity index (χ4v) is 1.29. The second-order valence-electron chi connectivity index (χ2n) is 3.33. The Hall–Kier alpha value is -1.24. The van der Waals surface area contributed by atoms with Crippen LogP contribution in [0.3, 0.4) is 0 Å². The number of methoxy groups -OCH3 is 1. The molecule has 17 heavy (non-hydrogen) atoms. The summed E-state index contributed by atoms with van der Waals surface area (Å²) in [6.07, 6.45) is -2.11. The van der Waals surface area contributed by atoms with Crippen LogP contribution in [0.15, 0.2) is 12.3 Å². The van der Waals surface area contributed by atoms with Crippen molar-refractivity contribution in [3.05, 3.63) is 28.8 Å². The van der Waals surface area contributed by atoms with Gasteiger partial charge in [0.2, 0.25) is 0 Å². The van der Waals surface area contributed by atoms with Crippen molar-refractivity contribution >= 4 is 17.6 Å². The third-order valence-corrected chi connectivity index (χ3v) is 2.41. The molecule has 0 aliphatic heterocycles. The average Bonchev–Trinajstić information content (AvgIpc) is 2.31. The molecule has 0 saturated carbocycles. The predicted octanol–water partition coefficient (Wildman–Crippen LogP) is 0.832. The summed E-state index contributed by atoms with van der Waals surface area (Å²) in [4.78, 5) is 14.4. The maximum atomic E-state index is 13.1. The first-order chi connectivity index (χ1) is 7.95. The van der Waals surface area contributed by atoms with Crippen molar-refractivity contribution in [1.82, 2.24) is 4.98 Å². The molecular weight excluding hydrogens is 253 g/mol. The molecule has 0 radical (unpaired) electrons. The van der Waals surface area contributed by atoms with Crippen LogP contribution >= 0.6 is 11.6 Å². The first-order valence-corrected chi connectivity index (χ1v) is 5.07. The van der Waals surface area contributed by atoms with E-state index in [1.54, 1.807) is 0 Å². The Morgan fingerprint density at radius 3 is 2.82 bits per heavy atom. The van der Waals surface area contributed by atoms with Crippen LogP contribution in [0.4, 0.5) is 4.39 Å². The summed E-state index contributed by atoms with van der Waals surface area (Å²) in [7, 11) is 1.16. The summed E-state index contributed by atoms with van der Waals surface area (Å²) in [5.74, 6) is -1.49. The Kier molecular flexibility index (Phi) is 4.80. The lowest BCUT2D eigenvalue weighted by Gasteiger charge is -2.16. The Morgan fingerprint density at radius 1 is 1.65 bits per heavy atom. The summed E-state index contributed by atoms with van der Waals surface area (Å²) >= 11 is 5.37. The molecule has 1 rings (SSSR count). The van der Waals surface area contributed by atoms with E-state index in [4.69, 9.17) is 11.6 Å². The van der Waals surface area contributed by atoms with Crippen LogP contribution in [0.2, 0.25) is 5.15 Å². The molecule has 1 aromatic heterocycles. The first-order valence-electron chi connectivity index (χ1n) is 4.69. The highest BCUT2D eigenvalue weighted by Crippen LogP contribution is 2.21. The number of carbonyl (C=O) groups is 1. The van der Waals surface area contributed by atoms with E-state index >= 15 is 0 Å². The van der Waals surface area contributed by atoms with E-state index in [-0.39, 0.29) is 10.7 Å². The van der Waals surface area contributed by atoms with Gasteiger partial charge in [-0.3, -0.25) is 4.79 Å². The molecule has 0 saturated heterocycles. The molecule has 0 bridgehead atoms. The van der Waals surface area contributed by atoms with Gasteiger partial charge < -0.3 is 14.9 Å². The van der Waals surface area contributed by atoms with Crippen molar-refractivity contribution in [3.63, 3.8) is 0 Å². The fourth-order valence-electron chi connectivity index (χ4n) is 1.19. The monoisotopic (exact) mass is 263 g/mol. The molecule has 1 heterocycles. The summed E-state index contributed by atoms with van der Waals surface area (Å²) in [6, 6.07) is 0.945. The van der Waals surface area contributed by atoms with Crippen LogP contribution in [0.5, 0.6) is 0 Å². The summed E-state index contributed by atoms with van der Waals surface area (Å²) in [6.45, 7) is 0. The number of carbonyl (C=O) groups excluding carboxylic acids is 1. The maximum Gasteiger partial charge on any atom is 0.308 e. The van der Waals surface area contributed by atoms with Crippen molar-refractivity contribution in [2.45, 2.75) is 18.6 Å². The molecule has 2 atom stereocenters. The molecule has 0 fully saturated rings. The van der Waals surface area contributed by atoms with E-state index in [1.165, 1.54) is 0 Å². The van der Waals surface area contributed by atoms with E-state index in [1.807, 2.05) is 0 Å². The zero-order valence-electron chi connectivity index (χ0n) is 8.93. The van der Waals surface area contributed by atoms with Gasteiger partial charge in [0.25, 0.3) is 0 Å². The van der Waals surface area contributed by atoms with Crippen LogP contribution in [0.25, 0.3) is 0 Å². The highest BCUT2D eigenvalue weighted by atomic mass is 35.5. The number of nitrogens with zero attached hydrogens (tertiary/aromatic N) is 1. The predicted molar refractivity (Wildman–Crippen MR) is 56.8 cm³/mol. The fraction of sp³-hybridized carbons (Fsp3) is 0.400. The van der Waals surface area contributed by atoms with Gasteiger partial charge in [0.1, 0.15) is 6.10 Å². The van der Waals surface area contributed by atoms with E-state index in [9.17, 15) is 19.4 Å². The molecule has 2 unspecified atom stereocenters. The standard InChI is InChI=1S/C10H11ClFNO4/c1-17-8(15)3-7(14)9(16)5-2-6(12)10(11)13-4-5/h2,4,7,9,14,16H,3H2,1H3. The number of aliphatic hydroxyl groups excluding tert-OH is 2. The minimum atomic E-state index is -1.44. The number of ether oxygens (including phenoxy) is 1. The van der Waals surface area contributed by atoms with Crippen LogP contribution < -0.4 is 0 Å². The van der Waals surface area contributed by atoms with Crippen LogP contribution in [-0.2, 0) is 9.53 Å². The van der Waals surface area contributed by atoms with Crippen LogP contribution in [0.1, 0.15) is 18.1 Å². The van der Waals surface area contributed by atoms with E-state index in [0.717, 1.165) is 19.4 Å². The van der Waals surface area contributed by atoms with Gasteiger partial charge in [0.15, 0.2) is 11.0 Å². The lowest BCUT2D eigenvalue weighted by atomic mass is 10.0. The number of pyridine rings is 1. The molecule has 0 aromatic carbocycles. The SMILES string of the molecule is COC(=O)CC(O)C(O)c1cnc(Cl)c(F)c1. The second kappa shape index (κ2) is 5.90. The third-order valence-electron chi connectivity index (χ3n) is 2.13. The Morgan fingerprint density at radius 2 is 2.29 bits per heavy atom. The number of hydrogen-bond donors (Lipinski definition) is 2. The number of halogens is 2.